The SMILES string of the molecule is OCc1nc(-c2ccc3c(c2)CCO3)cs1. The van der Waals surface area contributed by atoms with E-state index in [0.29, 0.717) is 0 Å². The topological polar surface area (TPSA) is 42.4 Å². The van der Waals surface area contributed by atoms with Crippen LogP contribution in [0.15, 0.2) is 23.6 Å². The van der Waals surface area contributed by atoms with Crippen molar-refractivity contribution in [1.82, 2.24) is 4.98 Å². The minimum atomic E-state index is 0.0126. The van der Waals surface area contributed by atoms with Crippen molar-refractivity contribution in [2.24, 2.45) is 0 Å². The van der Waals surface area contributed by atoms with Crippen molar-refractivity contribution in [3.8, 4) is 17.0 Å². The lowest BCUT2D eigenvalue weighted by atomic mass is 10.1. The summed E-state index contributed by atoms with van der Waals surface area (Å²) in [6, 6.07) is 6.13. The van der Waals surface area contributed by atoms with Gasteiger partial charge in [0.2, 0.25) is 0 Å². The third-order valence-corrected chi connectivity index (χ3v) is 3.51. The van der Waals surface area contributed by atoms with E-state index in [1.54, 1.807) is 0 Å². The zero-order valence-electron chi connectivity index (χ0n) is 8.64. The zero-order chi connectivity index (χ0) is 11.0. The highest BCUT2D eigenvalue weighted by molar-refractivity contribution is 7.09. The van der Waals surface area contributed by atoms with Crippen LogP contribution >= 0.6 is 11.3 Å². The Hall–Kier alpha value is -1.39. The third-order valence-electron chi connectivity index (χ3n) is 2.67. The highest BCUT2D eigenvalue weighted by atomic mass is 32.1. The van der Waals surface area contributed by atoms with Gasteiger partial charge in [0.1, 0.15) is 10.8 Å². The van der Waals surface area contributed by atoms with Crippen LogP contribution in [0.3, 0.4) is 0 Å². The van der Waals surface area contributed by atoms with Gasteiger partial charge in [-0.3, -0.25) is 0 Å². The second-order valence-corrected chi connectivity index (χ2v) is 4.65. The first-order chi connectivity index (χ1) is 7.86. The number of rotatable bonds is 2. The van der Waals surface area contributed by atoms with E-state index in [2.05, 4.69) is 11.1 Å². The molecule has 1 aliphatic heterocycles. The summed E-state index contributed by atoms with van der Waals surface area (Å²) in [5, 5.41) is 11.7. The molecule has 0 saturated heterocycles. The van der Waals surface area contributed by atoms with Gasteiger partial charge in [-0.1, -0.05) is 0 Å². The summed E-state index contributed by atoms with van der Waals surface area (Å²) in [4.78, 5) is 4.35. The Kier molecular flexibility index (Phi) is 2.38. The van der Waals surface area contributed by atoms with Crippen LogP contribution in [0, 0.1) is 0 Å². The maximum Gasteiger partial charge on any atom is 0.122 e. The number of fused-ring (bicyclic) bond motifs is 1. The van der Waals surface area contributed by atoms with Crippen molar-refractivity contribution in [3.05, 3.63) is 34.2 Å². The molecule has 1 aliphatic rings. The molecule has 4 heteroatoms. The van der Waals surface area contributed by atoms with Gasteiger partial charge in [-0.15, -0.1) is 11.3 Å². The minimum absolute atomic E-state index is 0.0126. The fourth-order valence-electron chi connectivity index (χ4n) is 1.86. The van der Waals surface area contributed by atoms with Crippen LogP contribution in [0.1, 0.15) is 10.6 Å². The first-order valence-electron chi connectivity index (χ1n) is 5.18. The predicted molar refractivity (Wildman–Crippen MR) is 62.7 cm³/mol. The van der Waals surface area contributed by atoms with Crippen molar-refractivity contribution in [2.45, 2.75) is 13.0 Å². The summed E-state index contributed by atoms with van der Waals surface area (Å²) in [6.45, 7) is 0.788. The largest absolute Gasteiger partial charge is 0.493 e. The fraction of sp³-hybridized carbons (Fsp3) is 0.250. The van der Waals surface area contributed by atoms with E-state index in [4.69, 9.17) is 9.84 Å². The van der Waals surface area contributed by atoms with Crippen molar-refractivity contribution in [3.63, 3.8) is 0 Å². The van der Waals surface area contributed by atoms with Crippen LogP contribution in [0.25, 0.3) is 11.3 Å². The molecule has 0 atom stereocenters. The molecule has 1 aromatic heterocycles. The Morgan fingerprint density at radius 2 is 2.38 bits per heavy atom. The molecule has 0 bridgehead atoms. The molecular weight excluding hydrogens is 222 g/mol. The molecule has 0 unspecified atom stereocenters. The van der Waals surface area contributed by atoms with Gasteiger partial charge in [-0.05, 0) is 23.8 Å². The van der Waals surface area contributed by atoms with Crippen molar-refractivity contribution in [1.29, 1.82) is 0 Å². The number of nitrogens with zero attached hydrogens (tertiary/aromatic N) is 1. The number of aliphatic hydroxyl groups excluding tert-OH is 1. The van der Waals surface area contributed by atoms with Crippen LogP contribution in [-0.4, -0.2) is 16.7 Å². The van der Waals surface area contributed by atoms with Crippen LogP contribution in [0.2, 0.25) is 0 Å². The number of ether oxygens (including phenoxy) is 1. The van der Waals surface area contributed by atoms with Gasteiger partial charge in [-0.25, -0.2) is 4.98 Å². The number of aliphatic hydroxyl groups is 1. The molecule has 2 aromatic rings. The van der Waals surface area contributed by atoms with E-state index in [0.717, 1.165) is 35.0 Å². The van der Waals surface area contributed by atoms with Crippen LogP contribution in [-0.2, 0) is 13.0 Å². The summed E-state index contributed by atoms with van der Waals surface area (Å²) in [6.07, 6.45) is 0.972. The minimum Gasteiger partial charge on any atom is -0.493 e. The smallest absolute Gasteiger partial charge is 0.122 e. The standard InChI is InChI=1S/C12H11NO2S/c14-6-12-13-10(7-16-12)8-1-2-11-9(5-8)3-4-15-11/h1-2,5,7,14H,3-4,6H2. The summed E-state index contributed by atoms with van der Waals surface area (Å²) >= 11 is 1.49. The van der Waals surface area contributed by atoms with E-state index in [9.17, 15) is 0 Å². The molecule has 0 fully saturated rings. The third kappa shape index (κ3) is 1.60. The average molecular weight is 233 g/mol. The summed E-state index contributed by atoms with van der Waals surface area (Å²) in [7, 11) is 0. The van der Waals surface area contributed by atoms with Crippen LogP contribution in [0.4, 0.5) is 0 Å². The second kappa shape index (κ2) is 3.88. The van der Waals surface area contributed by atoms with Gasteiger partial charge in [0.25, 0.3) is 0 Å². The summed E-state index contributed by atoms with van der Waals surface area (Å²) in [5.74, 6) is 0.987. The first-order valence-corrected chi connectivity index (χ1v) is 6.06. The van der Waals surface area contributed by atoms with Crippen LogP contribution in [0.5, 0.6) is 5.75 Å². The van der Waals surface area contributed by atoms with Gasteiger partial charge < -0.3 is 9.84 Å². The molecule has 0 radical (unpaired) electrons. The average Bonchev–Trinajstić information content (AvgIpc) is 2.96. The molecule has 1 aromatic carbocycles. The maximum absolute atomic E-state index is 8.98. The van der Waals surface area contributed by atoms with E-state index < -0.39 is 0 Å². The molecule has 3 rings (SSSR count). The molecule has 0 aliphatic carbocycles. The van der Waals surface area contributed by atoms with Crippen molar-refractivity contribution in [2.75, 3.05) is 6.61 Å². The van der Waals surface area contributed by atoms with Gasteiger partial charge in [0.15, 0.2) is 0 Å². The van der Waals surface area contributed by atoms with E-state index in [-0.39, 0.29) is 6.61 Å². The second-order valence-electron chi connectivity index (χ2n) is 3.71. The van der Waals surface area contributed by atoms with Gasteiger partial charge in [-0.2, -0.15) is 0 Å². The molecule has 0 saturated carbocycles. The van der Waals surface area contributed by atoms with Gasteiger partial charge in [0.05, 0.1) is 18.9 Å². The Morgan fingerprint density at radius 3 is 3.19 bits per heavy atom. The quantitative estimate of drug-likeness (QED) is 0.865. The highest BCUT2D eigenvalue weighted by Crippen LogP contribution is 2.30. The van der Waals surface area contributed by atoms with Crippen LogP contribution < -0.4 is 4.74 Å². The Labute approximate surface area is 97.3 Å². The lowest BCUT2D eigenvalue weighted by Crippen LogP contribution is -1.85. The predicted octanol–water partition coefficient (Wildman–Crippen LogP) is 2.24. The van der Waals surface area contributed by atoms with Crippen molar-refractivity contribution < 1.29 is 9.84 Å². The van der Waals surface area contributed by atoms with E-state index in [1.165, 1.54) is 16.9 Å². The van der Waals surface area contributed by atoms with Crippen molar-refractivity contribution >= 4 is 11.3 Å². The van der Waals surface area contributed by atoms with Gasteiger partial charge in [0, 0.05) is 17.4 Å². The molecule has 3 nitrogen and oxygen atoms in total. The Bertz CT molecular complexity index is 521. The first kappa shape index (κ1) is 9.81. The highest BCUT2D eigenvalue weighted by Gasteiger charge is 2.13. The molecule has 16 heavy (non-hydrogen) atoms. The van der Waals surface area contributed by atoms with E-state index >= 15 is 0 Å². The maximum atomic E-state index is 8.98. The monoisotopic (exact) mass is 233 g/mol. The fourth-order valence-corrected chi connectivity index (χ4v) is 2.52. The molecule has 2 heterocycles. The number of thiazole rings is 1. The Morgan fingerprint density at radius 1 is 1.44 bits per heavy atom. The normalized spacial score (nSPS) is 13.6. The number of hydrogen-bond acceptors (Lipinski definition) is 4. The van der Waals surface area contributed by atoms with Gasteiger partial charge >= 0.3 is 0 Å². The lowest BCUT2D eigenvalue weighted by Gasteiger charge is -2.01. The molecule has 1 N–H and O–H groups in total. The zero-order valence-corrected chi connectivity index (χ0v) is 9.46. The molecule has 0 spiro atoms. The number of benzene rings is 1. The summed E-state index contributed by atoms with van der Waals surface area (Å²) < 4.78 is 5.46. The Balaban J connectivity index is 2.00. The molecular formula is C12H11NO2S. The lowest BCUT2D eigenvalue weighted by molar-refractivity contribution is 0.281. The molecule has 82 valence electrons. The molecule has 0 amide bonds. The number of aromatic nitrogens is 1. The number of hydrogen-bond donors (Lipinski definition) is 1. The summed E-state index contributed by atoms with van der Waals surface area (Å²) in [5.41, 5.74) is 3.28. The van der Waals surface area contributed by atoms with E-state index in [1.807, 2.05) is 17.5 Å².